The molecule has 0 N–H and O–H groups in total. The van der Waals surface area contributed by atoms with Crippen molar-refractivity contribution in [1.82, 2.24) is 0 Å². The molecule has 0 spiro atoms. The summed E-state index contributed by atoms with van der Waals surface area (Å²) in [5, 5.41) is 0. The van der Waals surface area contributed by atoms with Gasteiger partial charge in [0.15, 0.2) is 11.6 Å². The van der Waals surface area contributed by atoms with Gasteiger partial charge in [0.2, 0.25) is 0 Å². The van der Waals surface area contributed by atoms with Crippen LogP contribution in [-0.4, -0.2) is 17.9 Å². The van der Waals surface area contributed by atoms with E-state index in [1.165, 1.54) is 39.0 Å². The molecule has 7 heteroatoms. The summed E-state index contributed by atoms with van der Waals surface area (Å²) in [6.45, 7) is 15.1. The highest BCUT2D eigenvalue weighted by Crippen LogP contribution is 2.36. The zero-order valence-electron chi connectivity index (χ0n) is 20.7. The van der Waals surface area contributed by atoms with Gasteiger partial charge in [-0.3, -0.25) is 0 Å². The summed E-state index contributed by atoms with van der Waals surface area (Å²) in [6, 6.07) is 16.0. The zero-order valence-corrected chi connectivity index (χ0v) is 20.7. The average Bonchev–Trinajstić information content (AvgIpc) is 2.85. The van der Waals surface area contributed by atoms with Crippen LogP contribution in [0.1, 0.15) is 20.8 Å². The third kappa shape index (κ3) is 6.67. The first kappa shape index (κ1) is 26.8. The van der Waals surface area contributed by atoms with E-state index in [9.17, 15) is 18.8 Å². The summed E-state index contributed by atoms with van der Waals surface area (Å²) < 4.78 is 30.3. The van der Waals surface area contributed by atoms with Gasteiger partial charge in [0, 0.05) is 28.3 Å². The Morgan fingerprint density at radius 3 is 1.62 bits per heavy atom. The van der Waals surface area contributed by atoms with Crippen LogP contribution in [-0.2, 0) is 14.4 Å². The van der Waals surface area contributed by atoms with Crippen LogP contribution in [0.15, 0.2) is 97.1 Å². The third-order valence-corrected chi connectivity index (χ3v) is 5.08. The Hall–Kier alpha value is -4.78. The van der Waals surface area contributed by atoms with E-state index in [-0.39, 0.29) is 34.0 Å². The Bertz CT molecular complexity index is 1430. The average molecular weight is 501 g/mol. The van der Waals surface area contributed by atoms with Gasteiger partial charge in [-0.05, 0) is 61.7 Å². The standard InChI is InChI=1S/C30H25FO6/c1-17(2)28(32)35-23-12-13-24(27(16-23)37-30(34)19(5)6)21-9-7-20(8-10-21)22-11-14-26(25(31)15-22)36-29(33)18(3)4/h7-16H,1,3,5H2,2,4,6H3. The number of benzene rings is 3. The second-order valence-electron chi connectivity index (χ2n) is 8.39. The second-order valence-corrected chi connectivity index (χ2v) is 8.39. The number of esters is 3. The minimum atomic E-state index is -0.709. The van der Waals surface area contributed by atoms with Crippen LogP contribution in [0, 0.1) is 5.82 Å². The normalized spacial score (nSPS) is 10.3. The Morgan fingerprint density at radius 2 is 1.08 bits per heavy atom. The molecule has 0 radical (unpaired) electrons. The van der Waals surface area contributed by atoms with Crippen LogP contribution in [0.3, 0.4) is 0 Å². The van der Waals surface area contributed by atoms with Crippen molar-refractivity contribution in [3.8, 4) is 39.5 Å². The molecule has 0 saturated carbocycles. The van der Waals surface area contributed by atoms with Gasteiger partial charge in [-0.25, -0.2) is 18.8 Å². The van der Waals surface area contributed by atoms with E-state index < -0.39 is 23.7 Å². The van der Waals surface area contributed by atoms with Crippen molar-refractivity contribution >= 4 is 17.9 Å². The minimum absolute atomic E-state index is 0.161. The number of carbonyl (C=O) groups excluding carboxylic acids is 3. The molecule has 0 aliphatic rings. The molecule has 0 amide bonds. The highest BCUT2D eigenvalue weighted by Gasteiger charge is 2.16. The fourth-order valence-corrected chi connectivity index (χ4v) is 3.06. The van der Waals surface area contributed by atoms with Gasteiger partial charge in [-0.15, -0.1) is 0 Å². The van der Waals surface area contributed by atoms with Crippen LogP contribution in [0.2, 0.25) is 0 Å². The lowest BCUT2D eigenvalue weighted by atomic mass is 9.99. The topological polar surface area (TPSA) is 78.9 Å². The van der Waals surface area contributed by atoms with Crippen LogP contribution >= 0.6 is 0 Å². The molecule has 3 aromatic rings. The predicted octanol–water partition coefficient (Wildman–Crippen LogP) is 6.60. The summed E-state index contributed by atoms with van der Waals surface area (Å²) in [4.78, 5) is 35.8. The number of ether oxygens (including phenoxy) is 3. The molecule has 0 unspecified atom stereocenters. The maximum atomic E-state index is 14.5. The molecule has 0 aliphatic carbocycles. The van der Waals surface area contributed by atoms with E-state index in [4.69, 9.17) is 14.2 Å². The van der Waals surface area contributed by atoms with Gasteiger partial charge in [0.05, 0.1) is 0 Å². The number of rotatable bonds is 8. The number of hydrogen-bond donors (Lipinski definition) is 0. The molecule has 3 rings (SSSR count). The van der Waals surface area contributed by atoms with E-state index in [1.807, 2.05) is 0 Å². The van der Waals surface area contributed by atoms with Crippen LogP contribution in [0.5, 0.6) is 17.2 Å². The quantitative estimate of drug-likeness (QED) is 0.197. The van der Waals surface area contributed by atoms with Crippen molar-refractivity contribution in [2.45, 2.75) is 20.8 Å². The summed E-state index contributed by atoms with van der Waals surface area (Å²) in [6.07, 6.45) is 0. The molecule has 0 aromatic heterocycles. The van der Waals surface area contributed by atoms with E-state index >= 15 is 0 Å². The van der Waals surface area contributed by atoms with Crippen molar-refractivity contribution in [2.75, 3.05) is 0 Å². The Balaban J connectivity index is 1.92. The van der Waals surface area contributed by atoms with Crippen molar-refractivity contribution < 1.29 is 33.0 Å². The summed E-state index contributed by atoms with van der Waals surface area (Å²) in [5.41, 5.74) is 3.10. The first-order valence-corrected chi connectivity index (χ1v) is 11.1. The van der Waals surface area contributed by atoms with Gasteiger partial charge < -0.3 is 14.2 Å². The Labute approximate surface area is 214 Å². The van der Waals surface area contributed by atoms with Crippen molar-refractivity contribution in [1.29, 1.82) is 0 Å². The number of halogens is 1. The monoisotopic (exact) mass is 500 g/mol. The summed E-state index contributed by atoms with van der Waals surface area (Å²) >= 11 is 0. The number of hydrogen-bond acceptors (Lipinski definition) is 6. The molecule has 0 atom stereocenters. The minimum Gasteiger partial charge on any atom is -0.423 e. The highest BCUT2D eigenvalue weighted by molar-refractivity contribution is 5.91. The van der Waals surface area contributed by atoms with Crippen molar-refractivity contribution in [3.05, 3.63) is 103 Å². The van der Waals surface area contributed by atoms with Gasteiger partial charge in [0.1, 0.15) is 11.5 Å². The number of carbonyl (C=O) groups is 3. The lowest BCUT2D eigenvalue weighted by Crippen LogP contribution is -2.11. The van der Waals surface area contributed by atoms with E-state index in [2.05, 4.69) is 19.7 Å². The molecule has 6 nitrogen and oxygen atoms in total. The van der Waals surface area contributed by atoms with E-state index in [0.29, 0.717) is 22.3 Å². The van der Waals surface area contributed by atoms with Gasteiger partial charge in [-0.2, -0.15) is 0 Å². The third-order valence-electron chi connectivity index (χ3n) is 5.08. The van der Waals surface area contributed by atoms with Crippen LogP contribution in [0.25, 0.3) is 22.3 Å². The fourth-order valence-electron chi connectivity index (χ4n) is 3.06. The molecule has 0 aliphatic heterocycles. The lowest BCUT2D eigenvalue weighted by Gasteiger charge is -2.13. The lowest BCUT2D eigenvalue weighted by molar-refractivity contribution is -0.131. The molecule has 188 valence electrons. The van der Waals surface area contributed by atoms with E-state index in [0.717, 1.165) is 0 Å². The molecule has 0 saturated heterocycles. The first-order valence-electron chi connectivity index (χ1n) is 11.1. The maximum Gasteiger partial charge on any atom is 0.338 e. The Morgan fingerprint density at radius 1 is 0.595 bits per heavy atom. The fraction of sp³-hybridized carbons (Fsp3) is 0.100. The molecular weight excluding hydrogens is 475 g/mol. The van der Waals surface area contributed by atoms with Gasteiger partial charge in [0.25, 0.3) is 0 Å². The first-order chi connectivity index (χ1) is 17.5. The highest BCUT2D eigenvalue weighted by atomic mass is 19.1. The van der Waals surface area contributed by atoms with Gasteiger partial charge in [-0.1, -0.05) is 50.1 Å². The smallest absolute Gasteiger partial charge is 0.338 e. The second kappa shape index (κ2) is 11.3. The van der Waals surface area contributed by atoms with Crippen molar-refractivity contribution in [3.63, 3.8) is 0 Å². The SMILES string of the molecule is C=C(C)C(=O)Oc1ccc(-c2ccc(-c3ccc(OC(=O)C(=C)C)c(F)c3)cc2)c(OC(=O)C(=C)C)c1. The largest absolute Gasteiger partial charge is 0.423 e. The molecular formula is C30H25FO6. The summed E-state index contributed by atoms with van der Waals surface area (Å²) in [7, 11) is 0. The molecule has 37 heavy (non-hydrogen) atoms. The summed E-state index contributed by atoms with van der Waals surface area (Å²) in [5.74, 6) is -2.48. The molecule has 0 fully saturated rings. The Kier molecular flexibility index (Phi) is 8.19. The van der Waals surface area contributed by atoms with E-state index in [1.54, 1.807) is 42.5 Å². The predicted molar refractivity (Wildman–Crippen MR) is 139 cm³/mol. The molecule has 0 heterocycles. The van der Waals surface area contributed by atoms with Crippen LogP contribution in [0.4, 0.5) is 4.39 Å². The zero-order chi connectivity index (χ0) is 27.3. The van der Waals surface area contributed by atoms with Crippen LogP contribution < -0.4 is 14.2 Å². The maximum absolute atomic E-state index is 14.5. The molecule has 3 aromatic carbocycles. The van der Waals surface area contributed by atoms with Crippen molar-refractivity contribution in [2.24, 2.45) is 0 Å². The van der Waals surface area contributed by atoms with Gasteiger partial charge >= 0.3 is 17.9 Å². The molecule has 0 bridgehead atoms.